The van der Waals surface area contributed by atoms with E-state index in [4.69, 9.17) is 0 Å². The third-order valence-electron chi connectivity index (χ3n) is 0. The Balaban J connectivity index is -0.0000000450. The van der Waals surface area contributed by atoms with Crippen molar-refractivity contribution >= 4 is 0 Å². The molecule has 0 N–H and O–H groups in total. The summed E-state index contributed by atoms with van der Waals surface area (Å²) in [5.74, 6) is 0.333. The molecule has 0 aromatic heterocycles. The normalized spacial score (nSPS) is 6.00. The minimum atomic E-state index is 0. The van der Waals surface area contributed by atoms with Crippen molar-refractivity contribution in [3.63, 3.8) is 0 Å². The van der Waals surface area contributed by atoms with Crippen LogP contribution in [0.1, 0.15) is 6.92 Å². The zero-order valence-corrected chi connectivity index (χ0v) is 7.41. The number of hydrogen-bond donors (Lipinski definition) is 0. The Hall–Kier alpha value is 1.10. The average Bonchev–Trinajstić information content (AvgIpc) is 0.811. The molecule has 0 fully saturated rings. The van der Waals surface area contributed by atoms with Crippen molar-refractivity contribution in [3.05, 3.63) is 21.3 Å². The molecule has 0 radical (unpaired) electrons. The number of hydrogen-bond acceptors (Lipinski definition) is 0. The average molecular weight is 160 g/mol. The van der Waals surface area contributed by atoms with Crippen LogP contribution >= 0.6 is 0 Å². The fraction of sp³-hybridized carbons (Fsp3) is 0.400. The summed E-state index contributed by atoms with van der Waals surface area (Å²) in [7, 11) is 0. The van der Waals surface area contributed by atoms with Gasteiger partial charge in [0.25, 0.3) is 0 Å². The van der Waals surface area contributed by atoms with Crippen LogP contribution in [0.3, 0.4) is 0 Å². The first kappa shape index (κ1) is 15.7. The van der Waals surface area contributed by atoms with Gasteiger partial charge in [0.2, 0.25) is 0 Å². The van der Waals surface area contributed by atoms with E-state index in [0.717, 1.165) is 0 Å². The van der Waals surface area contributed by atoms with Gasteiger partial charge in [-0.25, -0.2) is 0 Å². The zero-order chi connectivity index (χ0) is 3.58. The molecule has 0 saturated heterocycles. The van der Waals surface area contributed by atoms with Crippen LogP contribution in [0, 0.1) is 27.2 Å². The maximum Gasteiger partial charge on any atom is 3.00 e. The van der Waals surface area contributed by atoms with Gasteiger partial charge < -0.3 is 27.2 Å². The van der Waals surface area contributed by atoms with Gasteiger partial charge >= 0.3 is 32.7 Å². The van der Waals surface area contributed by atoms with Gasteiger partial charge in [0, 0.05) is 0 Å². The Morgan fingerprint density at radius 1 is 1.33 bits per heavy atom. The molecule has 0 atom stereocenters. The molecule has 0 aliphatic heterocycles. The van der Waals surface area contributed by atoms with Crippen LogP contribution in [0.25, 0.3) is 0 Å². The molecule has 0 rings (SSSR count). The Labute approximate surface area is 66.6 Å². The van der Waals surface area contributed by atoms with E-state index < -0.39 is 0 Å². The third-order valence-corrected chi connectivity index (χ3v) is 0. The van der Waals surface area contributed by atoms with Gasteiger partial charge in [-0.1, -0.05) is 0 Å². The van der Waals surface area contributed by atoms with Crippen molar-refractivity contribution in [2.45, 2.75) is 6.92 Å². The van der Waals surface area contributed by atoms with E-state index in [9.17, 15) is 0 Å². The minimum absolute atomic E-state index is 0. The van der Waals surface area contributed by atoms with E-state index in [1.54, 1.807) is 0 Å². The largest absolute Gasteiger partial charge is 3.00 e. The standard InChI is InChI=1S/C4H8.CH3.Y/c1-4(2)3;;/h4H,1-2H2,3H3;1H3;/q-2;-1;+3. The van der Waals surface area contributed by atoms with Gasteiger partial charge in [0.05, 0.1) is 0 Å². The maximum absolute atomic E-state index is 3.53. The Morgan fingerprint density at radius 2 is 1.33 bits per heavy atom. The van der Waals surface area contributed by atoms with E-state index in [2.05, 4.69) is 13.8 Å². The van der Waals surface area contributed by atoms with Crippen LogP contribution in [0.4, 0.5) is 0 Å². The van der Waals surface area contributed by atoms with Gasteiger partial charge in [-0.2, -0.15) is 0 Å². The summed E-state index contributed by atoms with van der Waals surface area (Å²) in [6.07, 6.45) is 0. The molecule has 0 nitrogen and oxygen atoms in total. The Morgan fingerprint density at radius 3 is 1.33 bits per heavy atom. The monoisotopic (exact) mass is 160 g/mol. The van der Waals surface area contributed by atoms with Crippen molar-refractivity contribution in [3.8, 4) is 0 Å². The van der Waals surface area contributed by atoms with E-state index in [1.807, 2.05) is 6.92 Å². The van der Waals surface area contributed by atoms with Crippen LogP contribution in [0.2, 0.25) is 0 Å². The zero-order valence-electron chi connectivity index (χ0n) is 4.57. The topological polar surface area (TPSA) is 0 Å². The fourth-order valence-electron chi connectivity index (χ4n) is 0. The second kappa shape index (κ2) is 9.44. The first-order valence-corrected chi connectivity index (χ1v) is 1.39. The molecular weight excluding hydrogens is 149 g/mol. The summed E-state index contributed by atoms with van der Waals surface area (Å²) in [4.78, 5) is 0. The van der Waals surface area contributed by atoms with Crippen molar-refractivity contribution in [1.82, 2.24) is 0 Å². The molecule has 0 heterocycles. The third kappa shape index (κ3) is 70.5. The molecule has 0 amide bonds. The Bertz CT molecular complexity index is 8.66. The summed E-state index contributed by atoms with van der Waals surface area (Å²) in [5.41, 5.74) is 0. The van der Waals surface area contributed by atoms with Gasteiger partial charge in [0.1, 0.15) is 0 Å². The molecule has 1 heteroatoms. The molecule has 34 valence electrons. The first-order valence-electron chi connectivity index (χ1n) is 1.39. The van der Waals surface area contributed by atoms with Crippen molar-refractivity contribution < 1.29 is 32.7 Å². The molecule has 0 saturated carbocycles. The maximum atomic E-state index is 3.53. The molecule has 0 aliphatic carbocycles. The van der Waals surface area contributed by atoms with Crippen LogP contribution in [-0.4, -0.2) is 0 Å². The van der Waals surface area contributed by atoms with Crippen LogP contribution in [-0.2, 0) is 32.7 Å². The van der Waals surface area contributed by atoms with Crippen molar-refractivity contribution in [2.75, 3.05) is 0 Å². The van der Waals surface area contributed by atoms with E-state index in [-0.39, 0.29) is 40.1 Å². The summed E-state index contributed by atoms with van der Waals surface area (Å²) in [6.45, 7) is 9.00. The van der Waals surface area contributed by atoms with Crippen molar-refractivity contribution in [2.24, 2.45) is 5.92 Å². The fourth-order valence-corrected chi connectivity index (χ4v) is 0. The second-order valence-electron chi connectivity index (χ2n) is 1.11. The summed E-state index contributed by atoms with van der Waals surface area (Å²) >= 11 is 0. The van der Waals surface area contributed by atoms with E-state index in [0.29, 0.717) is 5.92 Å². The molecule has 0 aromatic rings. The molecule has 0 unspecified atom stereocenters. The summed E-state index contributed by atoms with van der Waals surface area (Å²) in [5, 5.41) is 0. The second-order valence-corrected chi connectivity index (χ2v) is 1.11. The Kier molecular flexibility index (Phi) is 24.7. The molecule has 0 spiro atoms. The molecule has 0 bridgehead atoms. The van der Waals surface area contributed by atoms with Crippen molar-refractivity contribution in [1.29, 1.82) is 0 Å². The predicted octanol–water partition coefficient (Wildman–Crippen LogP) is 1.74. The number of rotatable bonds is 0. The first-order chi connectivity index (χ1) is 1.73. The SMILES string of the molecule is [CH2-]C([CH2-])C.[CH3-].[Y+3]. The molecular formula is C5H11Y. The summed E-state index contributed by atoms with van der Waals surface area (Å²) < 4.78 is 0. The van der Waals surface area contributed by atoms with Crippen LogP contribution < -0.4 is 0 Å². The predicted molar refractivity (Wildman–Crippen MR) is 26.3 cm³/mol. The minimum Gasteiger partial charge on any atom is -0.370 e. The molecule has 0 aromatic carbocycles. The van der Waals surface area contributed by atoms with E-state index in [1.165, 1.54) is 0 Å². The smallest absolute Gasteiger partial charge is 0.370 e. The van der Waals surface area contributed by atoms with Gasteiger partial charge in [-0.05, 0) is 0 Å². The van der Waals surface area contributed by atoms with Gasteiger partial charge in [-0.3, -0.25) is 0 Å². The summed E-state index contributed by atoms with van der Waals surface area (Å²) in [6, 6.07) is 0. The molecule has 6 heavy (non-hydrogen) atoms. The van der Waals surface area contributed by atoms with Crippen LogP contribution in [0.5, 0.6) is 0 Å². The van der Waals surface area contributed by atoms with Gasteiger partial charge in [-0.15, -0.1) is 6.92 Å². The quantitative estimate of drug-likeness (QED) is 0.473. The van der Waals surface area contributed by atoms with E-state index >= 15 is 0 Å². The van der Waals surface area contributed by atoms with Gasteiger partial charge in [0.15, 0.2) is 0 Å². The molecule has 0 aliphatic rings. The van der Waals surface area contributed by atoms with Crippen LogP contribution in [0.15, 0.2) is 0 Å².